The Hall–Kier alpha value is -2.82. The summed E-state index contributed by atoms with van der Waals surface area (Å²) in [4.78, 5) is 26.3. The molecular formula is C22H28N2O7. The van der Waals surface area contributed by atoms with Crippen molar-refractivity contribution in [3.63, 3.8) is 0 Å². The molecule has 0 amide bonds. The number of hydrogen-bond acceptors (Lipinski definition) is 9. The summed E-state index contributed by atoms with van der Waals surface area (Å²) in [6.45, 7) is 0.329. The molecule has 0 aromatic heterocycles. The molecule has 0 bridgehead atoms. The van der Waals surface area contributed by atoms with Gasteiger partial charge in [0.25, 0.3) is 0 Å². The Kier molecular flexibility index (Phi) is 9.57. The Labute approximate surface area is 180 Å². The molecule has 0 unspecified atom stereocenters. The summed E-state index contributed by atoms with van der Waals surface area (Å²) in [5, 5.41) is 19.8. The number of ether oxygens (including phenoxy) is 3. The third-order valence-electron chi connectivity index (χ3n) is 4.45. The molecule has 0 fully saturated rings. The van der Waals surface area contributed by atoms with Crippen LogP contribution in [-0.2, 0) is 14.2 Å². The number of carbonyl (C=O) groups excluding carboxylic acids is 2. The zero-order chi connectivity index (χ0) is 22.7. The van der Waals surface area contributed by atoms with Gasteiger partial charge in [0.05, 0.1) is 46.2 Å². The van der Waals surface area contributed by atoms with Crippen molar-refractivity contribution in [2.45, 2.75) is 5.60 Å². The lowest BCUT2D eigenvalue weighted by atomic mass is 9.85. The quantitative estimate of drug-likeness (QED) is 0.146. The van der Waals surface area contributed by atoms with Crippen LogP contribution in [0.25, 0.3) is 0 Å². The van der Waals surface area contributed by atoms with E-state index in [2.05, 4.69) is 0 Å². The van der Waals surface area contributed by atoms with Crippen LogP contribution >= 0.6 is 0 Å². The van der Waals surface area contributed by atoms with Gasteiger partial charge in [-0.15, -0.1) is 0 Å². The van der Waals surface area contributed by atoms with Crippen molar-refractivity contribution in [3.8, 4) is 0 Å². The molecule has 2 rings (SSSR count). The van der Waals surface area contributed by atoms with Gasteiger partial charge < -0.3 is 35.9 Å². The van der Waals surface area contributed by atoms with Crippen LogP contribution in [0.5, 0.6) is 0 Å². The number of rotatable bonds is 14. The van der Waals surface area contributed by atoms with E-state index in [1.165, 1.54) is 24.3 Å². The number of nitrogens with two attached hydrogens (primary N) is 2. The minimum atomic E-state index is -2.52. The molecule has 2 aromatic rings. The maximum Gasteiger partial charge on any atom is 0.214 e. The second kappa shape index (κ2) is 12.1. The number of benzene rings is 2. The van der Waals surface area contributed by atoms with Gasteiger partial charge in [0.1, 0.15) is 0 Å². The molecule has 31 heavy (non-hydrogen) atoms. The molecule has 168 valence electrons. The minimum Gasteiger partial charge on any atom is -0.398 e. The van der Waals surface area contributed by atoms with E-state index < -0.39 is 23.8 Å². The third kappa shape index (κ3) is 6.58. The zero-order valence-corrected chi connectivity index (χ0v) is 17.2. The predicted molar refractivity (Wildman–Crippen MR) is 115 cm³/mol. The Bertz CT molecular complexity index is 815. The van der Waals surface area contributed by atoms with Gasteiger partial charge in [-0.25, -0.2) is 0 Å². The number of para-hydroxylation sites is 2. The van der Waals surface area contributed by atoms with E-state index in [-0.39, 0.29) is 55.5 Å². The Morgan fingerprint density at radius 1 is 0.742 bits per heavy atom. The summed E-state index contributed by atoms with van der Waals surface area (Å²) in [6.07, 6.45) is 0. The van der Waals surface area contributed by atoms with E-state index in [4.69, 9.17) is 30.8 Å². The number of anilines is 2. The van der Waals surface area contributed by atoms with E-state index in [0.29, 0.717) is 6.61 Å². The minimum absolute atomic E-state index is 0.00809. The van der Waals surface area contributed by atoms with Gasteiger partial charge in [0.2, 0.25) is 17.2 Å². The van der Waals surface area contributed by atoms with Crippen LogP contribution in [0.3, 0.4) is 0 Å². The van der Waals surface area contributed by atoms with Crippen molar-refractivity contribution < 1.29 is 34.0 Å². The van der Waals surface area contributed by atoms with Crippen LogP contribution in [0.2, 0.25) is 0 Å². The smallest absolute Gasteiger partial charge is 0.214 e. The Morgan fingerprint density at radius 2 is 1.16 bits per heavy atom. The standard InChI is InChI=1S/C22H28N2O7/c23-18-7-3-1-5-16(18)20(26)22(28,21(27)17-6-2-4-8-19(17)24)15-31-14-13-30-12-11-29-10-9-25/h1-8,25,28H,9-15,23-24H2. The average Bonchev–Trinajstić information content (AvgIpc) is 2.77. The average molecular weight is 432 g/mol. The van der Waals surface area contributed by atoms with E-state index >= 15 is 0 Å². The molecule has 0 aliphatic carbocycles. The molecular weight excluding hydrogens is 404 g/mol. The van der Waals surface area contributed by atoms with E-state index in [0.717, 1.165) is 0 Å². The fraction of sp³-hybridized carbons (Fsp3) is 0.364. The van der Waals surface area contributed by atoms with Gasteiger partial charge in [0, 0.05) is 22.5 Å². The van der Waals surface area contributed by atoms with Gasteiger partial charge in [-0.1, -0.05) is 24.3 Å². The second-order valence-corrected chi connectivity index (χ2v) is 6.69. The highest BCUT2D eigenvalue weighted by molar-refractivity contribution is 6.25. The number of ketones is 2. The Morgan fingerprint density at radius 3 is 1.61 bits per heavy atom. The Balaban J connectivity index is 2.10. The second-order valence-electron chi connectivity index (χ2n) is 6.69. The number of hydrogen-bond donors (Lipinski definition) is 4. The summed E-state index contributed by atoms with van der Waals surface area (Å²) >= 11 is 0. The van der Waals surface area contributed by atoms with Crippen LogP contribution < -0.4 is 11.5 Å². The fourth-order valence-corrected chi connectivity index (χ4v) is 2.81. The molecule has 0 spiro atoms. The lowest BCUT2D eigenvalue weighted by Gasteiger charge is -2.26. The van der Waals surface area contributed by atoms with E-state index in [1.54, 1.807) is 24.3 Å². The van der Waals surface area contributed by atoms with Gasteiger partial charge in [0.15, 0.2) is 0 Å². The molecule has 0 atom stereocenters. The van der Waals surface area contributed by atoms with E-state index in [9.17, 15) is 14.7 Å². The lowest BCUT2D eigenvalue weighted by Crippen LogP contribution is -2.51. The van der Waals surface area contributed by atoms with Gasteiger partial charge >= 0.3 is 0 Å². The first-order valence-electron chi connectivity index (χ1n) is 9.77. The van der Waals surface area contributed by atoms with Crippen molar-refractivity contribution in [1.29, 1.82) is 0 Å². The molecule has 9 nitrogen and oxygen atoms in total. The lowest BCUT2D eigenvalue weighted by molar-refractivity contribution is -0.0345. The van der Waals surface area contributed by atoms with Gasteiger partial charge in [-0.2, -0.15) is 0 Å². The third-order valence-corrected chi connectivity index (χ3v) is 4.45. The summed E-state index contributed by atoms with van der Waals surface area (Å²) in [6, 6.07) is 12.3. The molecule has 9 heteroatoms. The number of nitrogen functional groups attached to an aromatic ring is 2. The van der Waals surface area contributed by atoms with Crippen LogP contribution in [0, 0.1) is 0 Å². The van der Waals surface area contributed by atoms with Crippen molar-refractivity contribution in [1.82, 2.24) is 0 Å². The largest absolute Gasteiger partial charge is 0.398 e. The maximum atomic E-state index is 13.1. The van der Waals surface area contributed by atoms with Crippen LogP contribution in [0.4, 0.5) is 11.4 Å². The van der Waals surface area contributed by atoms with Crippen LogP contribution in [-0.4, -0.2) is 73.6 Å². The normalized spacial score (nSPS) is 11.4. The SMILES string of the molecule is Nc1ccccc1C(=O)C(O)(COCCOCCOCCO)C(=O)c1ccccc1N. The predicted octanol–water partition coefficient (Wildman–Crippen LogP) is 0.690. The van der Waals surface area contributed by atoms with Gasteiger partial charge in [-0.05, 0) is 24.3 Å². The fourth-order valence-electron chi connectivity index (χ4n) is 2.81. The highest BCUT2D eigenvalue weighted by Gasteiger charge is 2.46. The van der Waals surface area contributed by atoms with Crippen molar-refractivity contribution >= 4 is 22.9 Å². The monoisotopic (exact) mass is 432 g/mol. The number of carbonyl (C=O) groups is 2. The topological polar surface area (TPSA) is 154 Å². The first kappa shape index (κ1) is 24.4. The van der Waals surface area contributed by atoms with Crippen LogP contribution in [0.15, 0.2) is 48.5 Å². The number of aliphatic hydroxyl groups excluding tert-OH is 1. The molecule has 0 saturated heterocycles. The van der Waals surface area contributed by atoms with Crippen molar-refractivity contribution in [3.05, 3.63) is 59.7 Å². The molecule has 0 aliphatic rings. The molecule has 0 saturated carbocycles. The molecule has 0 heterocycles. The first-order valence-corrected chi connectivity index (χ1v) is 9.77. The van der Waals surface area contributed by atoms with Crippen molar-refractivity contribution in [2.75, 3.05) is 57.7 Å². The zero-order valence-electron chi connectivity index (χ0n) is 17.2. The first-order chi connectivity index (χ1) is 14.9. The van der Waals surface area contributed by atoms with Gasteiger partial charge in [-0.3, -0.25) is 9.59 Å². The maximum absolute atomic E-state index is 13.1. The molecule has 6 N–H and O–H groups in total. The number of aliphatic hydroxyl groups is 2. The molecule has 0 aliphatic heterocycles. The van der Waals surface area contributed by atoms with E-state index in [1.807, 2.05) is 0 Å². The summed E-state index contributed by atoms with van der Waals surface area (Å²) in [5.74, 6) is -1.76. The molecule has 0 radical (unpaired) electrons. The molecule has 2 aromatic carbocycles. The van der Waals surface area contributed by atoms with Crippen molar-refractivity contribution in [2.24, 2.45) is 0 Å². The summed E-state index contributed by atoms with van der Waals surface area (Å²) < 4.78 is 15.8. The summed E-state index contributed by atoms with van der Waals surface area (Å²) in [7, 11) is 0. The summed E-state index contributed by atoms with van der Waals surface area (Å²) in [5.41, 5.74) is 9.51. The highest BCUT2D eigenvalue weighted by Crippen LogP contribution is 2.25. The van der Waals surface area contributed by atoms with Crippen LogP contribution in [0.1, 0.15) is 20.7 Å². The highest BCUT2D eigenvalue weighted by atomic mass is 16.5. The number of Topliss-reactive ketones (excluding diaryl/α,β-unsaturated/α-hetero) is 2.